The van der Waals surface area contributed by atoms with Crippen LogP contribution >= 0.6 is 24.0 Å². The van der Waals surface area contributed by atoms with E-state index in [9.17, 15) is 0 Å². The number of fused-ring (bicyclic) bond motifs is 1. The first-order valence-corrected chi connectivity index (χ1v) is 9.27. The van der Waals surface area contributed by atoms with Gasteiger partial charge in [0.1, 0.15) is 5.75 Å². The molecule has 0 aliphatic carbocycles. The van der Waals surface area contributed by atoms with Gasteiger partial charge in [-0.3, -0.25) is 0 Å². The first-order valence-electron chi connectivity index (χ1n) is 9.27. The first kappa shape index (κ1) is 19.9. The van der Waals surface area contributed by atoms with Crippen LogP contribution in [0, 0.1) is 0 Å². The molecule has 144 valence electrons. The molecule has 1 fully saturated rings. The zero-order valence-corrected chi connectivity index (χ0v) is 17.7. The van der Waals surface area contributed by atoms with Crippen molar-refractivity contribution in [3.8, 4) is 16.9 Å². The third-order valence-electron chi connectivity index (χ3n) is 4.95. The van der Waals surface area contributed by atoms with Crippen LogP contribution in [-0.2, 0) is 17.7 Å². The lowest BCUT2D eigenvalue weighted by Crippen LogP contribution is -2.44. The van der Waals surface area contributed by atoms with Crippen LogP contribution in [0.4, 0.5) is 0 Å². The molecule has 4 rings (SSSR count). The van der Waals surface area contributed by atoms with Gasteiger partial charge in [-0.15, -0.1) is 24.0 Å². The predicted molar refractivity (Wildman–Crippen MR) is 119 cm³/mol. The molecule has 2 heterocycles. The maximum Gasteiger partial charge on any atom is 0.191 e. The second kappa shape index (κ2) is 9.41. The van der Waals surface area contributed by atoms with Crippen LogP contribution < -0.4 is 10.5 Å². The topological polar surface area (TPSA) is 60.1 Å². The van der Waals surface area contributed by atoms with Crippen LogP contribution in [0.15, 0.2) is 47.5 Å². The molecule has 2 aromatic rings. The van der Waals surface area contributed by atoms with E-state index in [0.29, 0.717) is 12.5 Å². The SMILES string of the molecule is I.NC(=NCc1ccc(-c2ccc3c(c2)CCCO3)cc1)N1CCOCC1. The first-order chi connectivity index (χ1) is 12.8. The summed E-state index contributed by atoms with van der Waals surface area (Å²) >= 11 is 0. The minimum Gasteiger partial charge on any atom is -0.493 e. The van der Waals surface area contributed by atoms with Gasteiger partial charge in [0.15, 0.2) is 5.96 Å². The largest absolute Gasteiger partial charge is 0.493 e. The number of morpholine rings is 1. The van der Waals surface area contributed by atoms with E-state index in [4.69, 9.17) is 15.2 Å². The van der Waals surface area contributed by atoms with Crippen molar-refractivity contribution in [3.05, 3.63) is 53.6 Å². The quantitative estimate of drug-likeness (QED) is 0.417. The number of nitrogens with two attached hydrogens (primary N) is 1. The van der Waals surface area contributed by atoms with Gasteiger partial charge in [-0.2, -0.15) is 0 Å². The molecular weight excluding hydrogens is 453 g/mol. The van der Waals surface area contributed by atoms with E-state index >= 15 is 0 Å². The third-order valence-corrected chi connectivity index (χ3v) is 4.95. The molecule has 2 aliphatic heterocycles. The van der Waals surface area contributed by atoms with E-state index in [0.717, 1.165) is 57.1 Å². The van der Waals surface area contributed by atoms with Crippen molar-refractivity contribution in [1.29, 1.82) is 0 Å². The number of halogens is 1. The molecule has 0 saturated carbocycles. The Balaban J connectivity index is 0.00000210. The predicted octanol–water partition coefficient (Wildman–Crippen LogP) is 3.44. The minimum atomic E-state index is 0. The second-order valence-electron chi connectivity index (χ2n) is 6.75. The highest BCUT2D eigenvalue weighted by Crippen LogP contribution is 2.30. The van der Waals surface area contributed by atoms with E-state index in [-0.39, 0.29) is 24.0 Å². The fourth-order valence-electron chi connectivity index (χ4n) is 3.41. The zero-order valence-electron chi connectivity index (χ0n) is 15.4. The summed E-state index contributed by atoms with van der Waals surface area (Å²) in [6, 6.07) is 15.0. The number of benzene rings is 2. The number of rotatable bonds is 3. The third kappa shape index (κ3) is 4.93. The fraction of sp³-hybridized carbons (Fsp3) is 0.381. The Morgan fingerprint density at radius 2 is 1.74 bits per heavy atom. The molecule has 0 aromatic heterocycles. The summed E-state index contributed by atoms with van der Waals surface area (Å²) < 4.78 is 11.0. The Morgan fingerprint density at radius 1 is 1.00 bits per heavy atom. The van der Waals surface area contributed by atoms with Gasteiger partial charge >= 0.3 is 0 Å². The van der Waals surface area contributed by atoms with Gasteiger partial charge in [-0.05, 0) is 47.2 Å². The summed E-state index contributed by atoms with van der Waals surface area (Å²) in [4.78, 5) is 6.60. The average Bonchev–Trinajstić information content (AvgIpc) is 2.72. The highest BCUT2D eigenvalue weighted by molar-refractivity contribution is 14.0. The van der Waals surface area contributed by atoms with Crippen LogP contribution in [0.2, 0.25) is 0 Å². The van der Waals surface area contributed by atoms with E-state index in [1.165, 1.54) is 16.7 Å². The van der Waals surface area contributed by atoms with E-state index in [1.54, 1.807) is 0 Å². The lowest BCUT2D eigenvalue weighted by Gasteiger charge is -2.27. The van der Waals surface area contributed by atoms with Crippen molar-refractivity contribution >= 4 is 29.9 Å². The Kier molecular flexibility index (Phi) is 6.95. The van der Waals surface area contributed by atoms with Gasteiger partial charge < -0.3 is 20.1 Å². The lowest BCUT2D eigenvalue weighted by molar-refractivity contribution is 0.0674. The number of guanidine groups is 1. The Hall–Kier alpha value is -1.80. The maximum absolute atomic E-state index is 6.09. The lowest BCUT2D eigenvalue weighted by atomic mass is 9.98. The normalized spacial score (nSPS) is 16.9. The molecule has 0 amide bonds. The molecule has 0 bridgehead atoms. The molecule has 5 nitrogen and oxygen atoms in total. The molecule has 0 spiro atoms. The summed E-state index contributed by atoms with van der Waals surface area (Å²) in [5.74, 6) is 1.64. The van der Waals surface area contributed by atoms with Gasteiger partial charge in [0.25, 0.3) is 0 Å². The fourth-order valence-corrected chi connectivity index (χ4v) is 3.41. The highest BCUT2D eigenvalue weighted by atomic mass is 127. The van der Waals surface area contributed by atoms with Crippen LogP contribution in [0.25, 0.3) is 11.1 Å². The number of nitrogens with zero attached hydrogens (tertiary/aromatic N) is 2. The number of aliphatic imine (C=N–C) groups is 1. The Labute approximate surface area is 177 Å². The van der Waals surface area contributed by atoms with Gasteiger partial charge in [-0.25, -0.2) is 4.99 Å². The summed E-state index contributed by atoms with van der Waals surface area (Å²) in [6.07, 6.45) is 2.19. The van der Waals surface area contributed by atoms with Crippen molar-refractivity contribution < 1.29 is 9.47 Å². The molecule has 2 N–H and O–H groups in total. The van der Waals surface area contributed by atoms with Gasteiger partial charge in [0, 0.05) is 13.1 Å². The molecule has 2 aliphatic rings. The molecule has 27 heavy (non-hydrogen) atoms. The standard InChI is InChI=1S/C21H25N3O2.HI/c22-21(24-9-12-25-13-10-24)23-15-16-3-5-17(6-4-16)18-7-8-20-19(14-18)2-1-11-26-20;/h3-8,14H,1-2,9-13,15H2,(H2,22,23);1H. The summed E-state index contributed by atoms with van der Waals surface area (Å²) in [6.45, 7) is 4.50. The van der Waals surface area contributed by atoms with E-state index < -0.39 is 0 Å². The molecule has 2 aromatic carbocycles. The zero-order chi connectivity index (χ0) is 17.8. The minimum absolute atomic E-state index is 0. The van der Waals surface area contributed by atoms with Crippen LogP contribution in [0.5, 0.6) is 5.75 Å². The van der Waals surface area contributed by atoms with Crippen molar-refractivity contribution in [2.75, 3.05) is 32.9 Å². The van der Waals surface area contributed by atoms with Gasteiger partial charge in [0.05, 0.1) is 26.4 Å². The highest BCUT2D eigenvalue weighted by Gasteiger charge is 2.12. The van der Waals surface area contributed by atoms with Crippen LogP contribution in [0.3, 0.4) is 0 Å². The summed E-state index contributed by atoms with van der Waals surface area (Å²) in [5.41, 5.74) is 11.0. The second-order valence-corrected chi connectivity index (χ2v) is 6.75. The van der Waals surface area contributed by atoms with E-state index in [2.05, 4.69) is 52.4 Å². The monoisotopic (exact) mass is 479 g/mol. The number of hydrogen-bond acceptors (Lipinski definition) is 3. The average molecular weight is 479 g/mol. The van der Waals surface area contributed by atoms with Crippen molar-refractivity contribution in [2.24, 2.45) is 10.7 Å². The molecule has 1 saturated heterocycles. The molecule has 0 unspecified atom stereocenters. The summed E-state index contributed by atoms with van der Waals surface area (Å²) in [5, 5.41) is 0. The van der Waals surface area contributed by atoms with Crippen molar-refractivity contribution in [3.63, 3.8) is 0 Å². The Bertz CT molecular complexity index is 787. The summed E-state index contributed by atoms with van der Waals surface area (Å²) in [7, 11) is 0. The van der Waals surface area contributed by atoms with Crippen LogP contribution in [-0.4, -0.2) is 43.8 Å². The van der Waals surface area contributed by atoms with E-state index in [1.807, 2.05) is 0 Å². The number of hydrogen-bond donors (Lipinski definition) is 1. The van der Waals surface area contributed by atoms with Crippen molar-refractivity contribution in [2.45, 2.75) is 19.4 Å². The molecule has 6 heteroatoms. The maximum atomic E-state index is 6.09. The van der Waals surface area contributed by atoms with Gasteiger partial charge in [0.2, 0.25) is 0 Å². The van der Waals surface area contributed by atoms with Crippen LogP contribution in [0.1, 0.15) is 17.5 Å². The number of aryl methyl sites for hydroxylation is 1. The molecular formula is C21H26IN3O2. The smallest absolute Gasteiger partial charge is 0.191 e. The van der Waals surface area contributed by atoms with Gasteiger partial charge in [-0.1, -0.05) is 30.3 Å². The van der Waals surface area contributed by atoms with Crippen molar-refractivity contribution in [1.82, 2.24) is 4.90 Å². The molecule has 0 atom stereocenters. The Morgan fingerprint density at radius 3 is 2.52 bits per heavy atom. The molecule has 0 radical (unpaired) electrons. The number of ether oxygens (including phenoxy) is 2.